The molecule has 0 aliphatic heterocycles. The average molecular weight is 244 g/mol. The van der Waals surface area contributed by atoms with Crippen molar-refractivity contribution >= 4 is 0 Å². The maximum atomic E-state index is 9.30. The van der Waals surface area contributed by atoms with Crippen LogP contribution in [0, 0.1) is 11.8 Å². The van der Waals surface area contributed by atoms with E-state index in [-0.39, 0.29) is 19.1 Å². The average Bonchev–Trinajstić information content (AvgIpc) is 2.35. The highest BCUT2D eigenvalue weighted by Crippen LogP contribution is 2.25. The van der Waals surface area contributed by atoms with E-state index in [0.717, 1.165) is 0 Å². The van der Waals surface area contributed by atoms with Gasteiger partial charge in [-0.2, -0.15) is 0 Å². The molecule has 104 valence electrons. The Morgan fingerprint density at radius 2 is 1.12 bits per heavy atom. The quantitative estimate of drug-likeness (QED) is 0.513. The summed E-state index contributed by atoms with van der Waals surface area (Å²) in [4.78, 5) is 0. The van der Waals surface area contributed by atoms with Crippen LogP contribution in [0.2, 0.25) is 0 Å². The predicted molar refractivity (Wildman–Crippen MR) is 74.1 cm³/mol. The number of unbranched alkanes of at least 4 members (excludes halogenated alkanes) is 5. The van der Waals surface area contributed by atoms with Gasteiger partial charge in [0.25, 0.3) is 0 Å². The van der Waals surface area contributed by atoms with Gasteiger partial charge in [0.1, 0.15) is 0 Å². The molecule has 0 aromatic heterocycles. The van der Waals surface area contributed by atoms with Gasteiger partial charge in [0.2, 0.25) is 0 Å². The molecule has 0 heterocycles. The molecule has 1 atom stereocenters. The molecule has 0 spiro atoms. The number of aliphatic hydroxyl groups is 2. The maximum Gasteiger partial charge on any atom is 0.0483 e. The van der Waals surface area contributed by atoms with Crippen LogP contribution in [0.4, 0.5) is 0 Å². The van der Waals surface area contributed by atoms with Gasteiger partial charge >= 0.3 is 0 Å². The van der Waals surface area contributed by atoms with E-state index in [1.54, 1.807) is 0 Å². The van der Waals surface area contributed by atoms with Crippen LogP contribution in [0.5, 0.6) is 0 Å². The predicted octanol–water partition coefficient (Wildman–Crippen LogP) is 3.75. The van der Waals surface area contributed by atoms with E-state index in [4.69, 9.17) is 0 Å². The first-order chi connectivity index (χ1) is 8.29. The van der Waals surface area contributed by atoms with Gasteiger partial charge in [0.15, 0.2) is 0 Å². The topological polar surface area (TPSA) is 40.5 Å². The molecule has 0 bridgehead atoms. The Balaban J connectivity index is 3.91. The summed E-state index contributed by atoms with van der Waals surface area (Å²) in [5.41, 5.74) is 0. The summed E-state index contributed by atoms with van der Waals surface area (Å²) in [7, 11) is 0. The lowest BCUT2D eigenvalue weighted by atomic mass is 9.84. The molecular weight excluding hydrogens is 212 g/mol. The standard InChI is InChI=1S/C15H32O2/c1-3-5-7-9-11-14(10-8-6-4-2)15(12-16)13-17/h14-17H,3-13H2,1-2H3. The van der Waals surface area contributed by atoms with Crippen LogP contribution < -0.4 is 0 Å². The Bertz CT molecular complexity index is 144. The Labute approximate surface area is 107 Å². The third-order valence-electron chi connectivity index (χ3n) is 3.74. The molecule has 0 aromatic carbocycles. The van der Waals surface area contributed by atoms with E-state index in [1.165, 1.54) is 57.8 Å². The third-order valence-corrected chi connectivity index (χ3v) is 3.74. The second-order valence-electron chi connectivity index (χ2n) is 5.23. The molecule has 0 aliphatic rings. The minimum atomic E-state index is 0.105. The fourth-order valence-corrected chi connectivity index (χ4v) is 2.46. The highest BCUT2D eigenvalue weighted by molar-refractivity contribution is 4.69. The zero-order valence-corrected chi connectivity index (χ0v) is 11.8. The normalized spacial score (nSPS) is 13.2. The van der Waals surface area contributed by atoms with E-state index in [9.17, 15) is 10.2 Å². The zero-order valence-electron chi connectivity index (χ0n) is 11.8. The van der Waals surface area contributed by atoms with E-state index < -0.39 is 0 Å². The van der Waals surface area contributed by atoms with Crippen molar-refractivity contribution in [2.24, 2.45) is 11.8 Å². The fourth-order valence-electron chi connectivity index (χ4n) is 2.46. The van der Waals surface area contributed by atoms with Gasteiger partial charge in [-0.15, -0.1) is 0 Å². The Kier molecular flexibility index (Phi) is 12.3. The molecule has 1 unspecified atom stereocenters. The lowest BCUT2D eigenvalue weighted by Crippen LogP contribution is -2.22. The molecule has 17 heavy (non-hydrogen) atoms. The highest BCUT2D eigenvalue weighted by atomic mass is 16.3. The lowest BCUT2D eigenvalue weighted by molar-refractivity contribution is 0.0954. The number of aliphatic hydroxyl groups excluding tert-OH is 2. The van der Waals surface area contributed by atoms with E-state index >= 15 is 0 Å². The first-order valence-electron chi connectivity index (χ1n) is 7.51. The number of hydrogen-bond donors (Lipinski definition) is 2. The molecule has 2 heteroatoms. The van der Waals surface area contributed by atoms with Crippen LogP contribution >= 0.6 is 0 Å². The molecule has 0 saturated heterocycles. The Morgan fingerprint density at radius 3 is 1.59 bits per heavy atom. The summed E-state index contributed by atoms with van der Waals surface area (Å²) < 4.78 is 0. The fraction of sp³-hybridized carbons (Fsp3) is 1.00. The van der Waals surface area contributed by atoms with Gasteiger partial charge in [-0.3, -0.25) is 0 Å². The smallest absolute Gasteiger partial charge is 0.0483 e. The molecule has 0 rings (SSSR count). The summed E-state index contributed by atoms with van der Waals surface area (Å²) in [6.07, 6.45) is 11.2. The highest BCUT2D eigenvalue weighted by Gasteiger charge is 2.19. The second-order valence-corrected chi connectivity index (χ2v) is 5.23. The van der Waals surface area contributed by atoms with Gasteiger partial charge in [-0.05, 0) is 5.92 Å². The second kappa shape index (κ2) is 12.4. The first kappa shape index (κ1) is 16.9. The minimum Gasteiger partial charge on any atom is -0.396 e. The summed E-state index contributed by atoms with van der Waals surface area (Å²) in [6.45, 7) is 4.72. The van der Waals surface area contributed by atoms with Crippen molar-refractivity contribution in [2.45, 2.75) is 71.6 Å². The van der Waals surface area contributed by atoms with Crippen molar-refractivity contribution in [1.29, 1.82) is 0 Å². The molecule has 0 saturated carbocycles. The summed E-state index contributed by atoms with van der Waals surface area (Å²) >= 11 is 0. The van der Waals surface area contributed by atoms with Gasteiger partial charge in [-0.25, -0.2) is 0 Å². The van der Waals surface area contributed by atoms with Gasteiger partial charge in [-0.1, -0.05) is 71.6 Å². The van der Waals surface area contributed by atoms with E-state index in [1.807, 2.05) is 0 Å². The lowest BCUT2D eigenvalue weighted by Gasteiger charge is -2.24. The van der Waals surface area contributed by atoms with E-state index in [0.29, 0.717) is 5.92 Å². The van der Waals surface area contributed by atoms with Crippen LogP contribution in [0.25, 0.3) is 0 Å². The molecule has 2 N–H and O–H groups in total. The van der Waals surface area contributed by atoms with Crippen LogP contribution in [0.3, 0.4) is 0 Å². The number of rotatable bonds is 12. The Hall–Kier alpha value is -0.0800. The SMILES string of the molecule is CCCCCCC(CCCCC)C(CO)CO. The molecular formula is C15H32O2. The zero-order chi connectivity index (χ0) is 12.9. The largest absolute Gasteiger partial charge is 0.396 e. The van der Waals surface area contributed by atoms with E-state index in [2.05, 4.69) is 13.8 Å². The van der Waals surface area contributed by atoms with Gasteiger partial charge in [0.05, 0.1) is 0 Å². The first-order valence-corrected chi connectivity index (χ1v) is 7.51. The van der Waals surface area contributed by atoms with Crippen molar-refractivity contribution in [3.8, 4) is 0 Å². The molecule has 0 amide bonds. The molecule has 0 aromatic rings. The van der Waals surface area contributed by atoms with Gasteiger partial charge < -0.3 is 10.2 Å². The summed E-state index contributed by atoms with van der Waals surface area (Å²) in [5, 5.41) is 18.6. The Morgan fingerprint density at radius 1 is 0.647 bits per heavy atom. The van der Waals surface area contributed by atoms with Crippen LogP contribution in [0.15, 0.2) is 0 Å². The van der Waals surface area contributed by atoms with Crippen molar-refractivity contribution < 1.29 is 10.2 Å². The maximum absolute atomic E-state index is 9.30. The monoisotopic (exact) mass is 244 g/mol. The van der Waals surface area contributed by atoms with Crippen LogP contribution in [0.1, 0.15) is 71.6 Å². The number of hydrogen-bond acceptors (Lipinski definition) is 2. The minimum absolute atomic E-state index is 0.105. The van der Waals surface area contributed by atoms with Crippen LogP contribution in [-0.4, -0.2) is 23.4 Å². The van der Waals surface area contributed by atoms with Crippen molar-refractivity contribution in [1.82, 2.24) is 0 Å². The molecule has 0 fully saturated rings. The van der Waals surface area contributed by atoms with Crippen LogP contribution in [-0.2, 0) is 0 Å². The third kappa shape index (κ3) is 8.62. The van der Waals surface area contributed by atoms with Gasteiger partial charge in [0, 0.05) is 19.1 Å². The molecule has 0 radical (unpaired) electrons. The van der Waals surface area contributed by atoms with Crippen molar-refractivity contribution in [3.63, 3.8) is 0 Å². The summed E-state index contributed by atoms with van der Waals surface area (Å²) in [6, 6.07) is 0. The molecule has 0 aliphatic carbocycles. The summed E-state index contributed by atoms with van der Waals surface area (Å²) in [5.74, 6) is 0.627. The molecule has 2 nitrogen and oxygen atoms in total. The van der Waals surface area contributed by atoms with Crippen molar-refractivity contribution in [2.75, 3.05) is 13.2 Å². The van der Waals surface area contributed by atoms with Crippen molar-refractivity contribution in [3.05, 3.63) is 0 Å².